The van der Waals surface area contributed by atoms with E-state index in [-0.39, 0.29) is 17.5 Å². The van der Waals surface area contributed by atoms with Crippen LogP contribution in [0.2, 0.25) is 0 Å². The minimum atomic E-state index is -0.682. The molecule has 2 N–H and O–H groups in total. The molecule has 24 heavy (non-hydrogen) atoms. The van der Waals surface area contributed by atoms with Crippen molar-refractivity contribution in [3.8, 4) is 0 Å². The van der Waals surface area contributed by atoms with Gasteiger partial charge in [0.15, 0.2) is 11.6 Å². The van der Waals surface area contributed by atoms with E-state index in [1.54, 1.807) is 30.2 Å². The van der Waals surface area contributed by atoms with E-state index in [4.69, 9.17) is 0 Å². The van der Waals surface area contributed by atoms with Gasteiger partial charge in [-0.3, -0.25) is 14.8 Å². The third kappa shape index (κ3) is 3.43. The van der Waals surface area contributed by atoms with E-state index in [0.717, 1.165) is 6.20 Å². The largest absolute Gasteiger partial charge is 0.337 e. The summed E-state index contributed by atoms with van der Waals surface area (Å²) in [6.45, 7) is 0. The second kappa shape index (κ2) is 6.28. The van der Waals surface area contributed by atoms with Gasteiger partial charge in [0.2, 0.25) is 5.95 Å². The fourth-order valence-electron chi connectivity index (χ4n) is 1.96. The van der Waals surface area contributed by atoms with Crippen LogP contribution in [0, 0.1) is 15.9 Å². The SMILES string of the molecule is Cn1cc(Nc2ncc(F)c(Nc3cccc([N+](=O)[O-])c3)n2)cn1. The van der Waals surface area contributed by atoms with Gasteiger partial charge in [-0.1, -0.05) is 6.07 Å². The van der Waals surface area contributed by atoms with Gasteiger partial charge in [0.05, 0.1) is 23.0 Å². The monoisotopic (exact) mass is 329 g/mol. The fraction of sp³-hybridized carbons (Fsp3) is 0.0714. The summed E-state index contributed by atoms with van der Waals surface area (Å²) in [7, 11) is 1.76. The Kier molecular flexibility index (Phi) is 4.01. The molecule has 122 valence electrons. The van der Waals surface area contributed by atoms with Gasteiger partial charge in [-0.25, -0.2) is 9.37 Å². The standard InChI is InChI=1S/C14H12FN7O2/c1-21-8-10(6-17-21)19-14-16-7-12(15)13(20-14)18-9-3-2-4-11(5-9)22(23)24/h2-8H,1H3,(H2,16,18,19,20). The zero-order valence-electron chi connectivity index (χ0n) is 12.5. The van der Waals surface area contributed by atoms with Gasteiger partial charge in [0.1, 0.15) is 0 Å². The quantitative estimate of drug-likeness (QED) is 0.547. The van der Waals surface area contributed by atoms with Crippen LogP contribution in [0.1, 0.15) is 0 Å². The van der Waals surface area contributed by atoms with Crippen molar-refractivity contribution in [2.75, 3.05) is 10.6 Å². The average molecular weight is 329 g/mol. The molecule has 1 aromatic carbocycles. The average Bonchev–Trinajstić information content (AvgIpc) is 2.96. The summed E-state index contributed by atoms with van der Waals surface area (Å²) in [5.74, 6) is -0.618. The van der Waals surface area contributed by atoms with Crippen molar-refractivity contribution < 1.29 is 9.31 Å². The Morgan fingerprint density at radius 3 is 2.79 bits per heavy atom. The van der Waals surface area contributed by atoms with Crippen LogP contribution < -0.4 is 10.6 Å². The van der Waals surface area contributed by atoms with Gasteiger partial charge < -0.3 is 10.6 Å². The number of nitrogens with one attached hydrogen (secondary N) is 2. The molecule has 0 fully saturated rings. The Balaban J connectivity index is 1.83. The smallest absolute Gasteiger partial charge is 0.271 e. The van der Waals surface area contributed by atoms with Crippen LogP contribution in [0.3, 0.4) is 0 Å². The van der Waals surface area contributed by atoms with Crippen LogP contribution in [0.4, 0.5) is 33.2 Å². The summed E-state index contributed by atoms with van der Waals surface area (Å²) < 4.78 is 15.5. The topological polar surface area (TPSA) is 111 Å². The van der Waals surface area contributed by atoms with Crippen LogP contribution >= 0.6 is 0 Å². The number of halogens is 1. The summed E-state index contributed by atoms with van der Waals surface area (Å²) in [4.78, 5) is 18.1. The number of nitro groups is 1. The minimum absolute atomic E-state index is 0.100. The number of aryl methyl sites for hydroxylation is 1. The lowest BCUT2D eigenvalue weighted by molar-refractivity contribution is -0.384. The summed E-state index contributed by atoms with van der Waals surface area (Å²) in [5.41, 5.74) is 0.878. The number of aromatic nitrogens is 4. The number of nitrogens with zero attached hydrogens (tertiary/aromatic N) is 5. The minimum Gasteiger partial charge on any atom is -0.337 e. The van der Waals surface area contributed by atoms with Gasteiger partial charge in [0.25, 0.3) is 5.69 Å². The van der Waals surface area contributed by atoms with Crippen molar-refractivity contribution in [1.82, 2.24) is 19.7 Å². The number of non-ortho nitro benzene ring substituents is 1. The lowest BCUT2D eigenvalue weighted by Gasteiger charge is -2.08. The highest BCUT2D eigenvalue weighted by molar-refractivity contribution is 5.61. The Bertz CT molecular complexity index is 896. The summed E-state index contributed by atoms with van der Waals surface area (Å²) in [6.07, 6.45) is 4.28. The van der Waals surface area contributed by atoms with Crippen molar-refractivity contribution in [2.45, 2.75) is 0 Å². The maximum Gasteiger partial charge on any atom is 0.271 e. The highest BCUT2D eigenvalue weighted by Gasteiger charge is 2.11. The molecular formula is C14H12FN7O2. The molecule has 0 saturated heterocycles. The summed E-state index contributed by atoms with van der Waals surface area (Å²) >= 11 is 0. The fourth-order valence-corrected chi connectivity index (χ4v) is 1.96. The molecule has 10 heteroatoms. The Morgan fingerprint density at radius 2 is 2.08 bits per heavy atom. The van der Waals surface area contributed by atoms with Gasteiger partial charge in [0, 0.05) is 31.1 Å². The Hall–Kier alpha value is -3.56. The van der Waals surface area contributed by atoms with Gasteiger partial charge in [-0.2, -0.15) is 10.1 Å². The van der Waals surface area contributed by atoms with Crippen LogP contribution in [-0.4, -0.2) is 24.7 Å². The van der Waals surface area contributed by atoms with Crippen LogP contribution in [0.5, 0.6) is 0 Å². The normalized spacial score (nSPS) is 10.4. The highest BCUT2D eigenvalue weighted by atomic mass is 19.1. The molecule has 0 atom stereocenters. The molecule has 0 radical (unpaired) electrons. The van der Waals surface area contributed by atoms with E-state index in [1.807, 2.05) is 0 Å². The Morgan fingerprint density at radius 1 is 1.25 bits per heavy atom. The van der Waals surface area contributed by atoms with Crippen LogP contribution in [0.15, 0.2) is 42.9 Å². The second-order valence-electron chi connectivity index (χ2n) is 4.85. The zero-order valence-corrected chi connectivity index (χ0v) is 12.5. The molecular weight excluding hydrogens is 317 g/mol. The second-order valence-corrected chi connectivity index (χ2v) is 4.85. The molecule has 2 aromatic heterocycles. The van der Waals surface area contributed by atoms with E-state index < -0.39 is 10.7 Å². The maximum absolute atomic E-state index is 13.9. The lowest BCUT2D eigenvalue weighted by atomic mass is 10.3. The number of hydrogen-bond donors (Lipinski definition) is 2. The van der Waals surface area contributed by atoms with Gasteiger partial charge in [-0.05, 0) is 6.07 Å². The van der Waals surface area contributed by atoms with E-state index in [1.165, 1.54) is 18.2 Å². The summed E-state index contributed by atoms with van der Waals surface area (Å²) in [5, 5.41) is 20.4. The highest BCUT2D eigenvalue weighted by Crippen LogP contribution is 2.23. The van der Waals surface area contributed by atoms with Gasteiger partial charge in [-0.15, -0.1) is 0 Å². The number of nitro benzene ring substituents is 1. The zero-order chi connectivity index (χ0) is 17.1. The molecule has 0 unspecified atom stereocenters. The first kappa shape index (κ1) is 15.3. The molecule has 0 aliphatic rings. The van der Waals surface area contributed by atoms with Crippen molar-refractivity contribution in [2.24, 2.45) is 7.05 Å². The molecule has 0 saturated carbocycles. The van der Waals surface area contributed by atoms with Crippen molar-refractivity contribution in [1.29, 1.82) is 0 Å². The van der Waals surface area contributed by atoms with Crippen molar-refractivity contribution in [3.05, 3.63) is 58.8 Å². The number of rotatable bonds is 5. The molecule has 2 heterocycles. The van der Waals surface area contributed by atoms with E-state index in [9.17, 15) is 14.5 Å². The van der Waals surface area contributed by atoms with Crippen LogP contribution in [-0.2, 0) is 7.05 Å². The first-order chi connectivity index (χ1) is 11.5. The number of hydrogen-bond acceptors (Lipinski definition) is 7. The molecule has 0 spiro atoms. The van der Waals surface area contributed by atoms with E-state index in [2.05, 4.69) is 25.7 Å². The maximum atomic E-state index is 13.9. The van der Waals surface area contributed by atoms with Crippen molar-refractivity contribution >= 4 is 28.8 Å². The number of benzene rings is 1. The third-order valence-corrected chi connectivity index (χ3v) is 3.02. The molecule has 3 rings (SSSR count). The molecule has 0 aliphatic heterocycles. The molecule has 0 bridgehead atoms. The number of anilines is 4. The predicted molar refractivity (Wildman–Crippen MR) is 84.9 cm³/mol. The van der Waals surface area contributed by atoms with E-state index in [0.29, 0.717) is 11.4 Å². The third-order valence-electron chi connectivity index (χ3n) is 3.02. The predicted octanol–water partition coefficient (Wildman–Crippen LogP) is 2.74. The molecule has 9 nitrogen and oxygen atoms in total. The molecule has 3 aromatic rings. The van der Waals surface area contributed by atoms with Crippen molar-refractivity contribution in [3.63, 3.8) is 0 Å². The lowest BCUT2D eigenvalue weighted by Crippen LogP contribution is -2.03. The van der Waals surface area contributed by atoms with E-state index >= 15 is 0 Å². The Labute approximate surface area is 135 Å². The van der Waals surface area contributed by atoms with Crippen LogP contribution in [0.25, 0.3) is 0 Å². The first-order valence-corrected chi connectivity index (χ1v) is 6.81. The summed E-state index contributed by atoms with van der Waals surface area (Å²) in [6, 6.07) is 5.70. The molecule has 0 amide bonds. The first-order valence-electron chi connectivity index (χ1n) is 6.81. The van der Waals surface area contributed by atoms with Gasteiger partial charge >= 0.3 is 0 Å². The molecule has 0 aliphatic carbocycles.